The first-order valence-corrected chi connectivity index (χ1v) is 7.48. The van der Waals surface area contributed by atoms with E-state index < -0.39 is 5.54 Å². The second kappa shape index (κ2) is 12.1. The van der Waals surface area contributed by atoms with Gasteiger partial charge in [0.25, 0.3) is 0 Å². The van der Waals surface area contributed by atoms with Crippen molar-refractivity contribution < 1.29 is 9.47 Å². The lowest BCUT2D eigenvalue weighted by atomic mass is 9.96. The van der Waals surface area contributed by atoms with Crippen LogP contribution in [-0.4, -0.2) is 64.1 Å². The fourth-order valence-electron chi connectivity index (χ4n) is 2.16. The second-order valence-corrected chi connectivity index (χ2v) is 5.26. The van der Waals surface area contributed by atoms with Gasteiger partial charge in [-0.1, -0.05) is 6.92 Å². The second-order valence-electron chi connectivity index (χ2n) is 5.26. The molecule has 0 spiro atoms. The Labute approximate surface area is 124 Å². The van der Waals surface area contributed by atoms with Crippen LogP contribution in [0.4, 0.5) is 0 Å². The van der Waals surface area contributed by atoms with Crippen molar-refractivity contribution >= 4 is 0 Å². The van der Waals surface area contributed by atoms with Gasteiger partial charge in [-0.25, -0.2) is 0 Å². The van der Waals surface area contributed by atoms with Crippen LogP contribution < -0.4 is 5.32 Å². The van der Waals surface area contributed by atoms with Gasteiger partial charge < -0.3 is 9.47 Å². The molecule has 0 saturated carbocycles. The van der Waals surface area contributed by atoms with Gasteiger partial charge in [0.05, 0.1) is 19.3 Å². The standard InChI is InChI=1S/C15H31N3O2/c1-5-17-15(2,14-16)8-6-7-9-18(10-12-19-3)11-13-20-4/h17H,5-13H2,1-4H3. The van der Waals surface area contributed by atoms with Gasteiger partial charge in [0.15, 0.2) is 0 Å². The lowest BCUT2D eigenvalue weighted by Gasteiger charge is -2.24. The molecule has 0 aliphatic heterocycles. The summed E-state index contributed by atoms with van der Waals surface area (Å²) in [5, 5.41) is 12.5. The number of nitrogens with zero attached hydrogens (tertiary/aromatic N) is 2. The molecule has 1 atom stereocenters. The Hall–Kier alpha value is -0.670. The molecule has 0 heterocycles. The van der Waals surface area contributed by atoms with Gasteiger partial charge in [-0.05, 0) is 39.3 Å². The summed E-state index contributed by atoms with van der Waals surface area (Å²) in [7, 11) is 3.45. The Morgan fingerprint density at radius 3 is 2.15 bits per heavy atom. The van der Waals surface area contributed by atoms with Crippen molar-refractivity contribution in [1.82, 2.24) is 10.2 Å². The minimum absolute atomic E-state index is 0.390. The van der Waals surface area contributed by atoms with Gasteiger partial charge in [-0.15, -0.1) is 0 Å². The van der Waals surface area contributed by atoms with Crippen LogP contribution in [0.3, 0.4) is 0 Å². The van der Waals surface area contributed by atoms with Crippen LogP contribution in [0.1, 0.15) is 33.1 Å². The highest BCUT2D eigenvalue weighted by molar-refractivity contribution is 5.03. The van der Waals surface area contributed by atoms with Crippen molar-refractivity contribution in [3.63, 3.8) is 0 Å². The normalized spacial score (nSPS) is 14.2. The SMILES string of the molecule is CCNC(C)(C#N)CCCCN(CCOC)CCOC. The molecule has 118 valence electrons. The van der Waals surface area contributed by atoms with Crippen molar-refractivity contribution in [2.45, 2.75) is 38.6 Å². The maximum Gasteiger partial charge on any atom is 0.103 e. The van der Waals surface area contributed by atoms with E-state index >= 15 is 0 Å². The average Bonchev–Trinajstić information content (AvgIpc) is 2.45. The lowest BCUT2D eigenvalue weighted by Crippen LogP contribution is -2.40. The molecule has 0 amide bonds. The highest BCUT2D eigenvalue weighted by Gasteiger charge is 2.21. The van der Waals surface area contributed by atoms with Crippen LogP contribution in [0.15, 0.2) is 0 Å². The van der Waals surface area contributed by atoms with Gasteiger partial charge in [-0.3, -0.25) is 10.2 Å². The monoisotopic (exact) mass is 285 g/mol. The van der Waals surface area contributed by atoms with Gasteiger partial charge in [0.2, 0.25) is 0 Å². The summed E-state index contributed by atoms with van der Waals surface area (Å²) in [5.74, 6) is 0. The molecule has 0 fully saturated rings. The van der Waals surface area contributed by atoms with Crippen LogP contribution in [0.5, 0.6) is 0 Å². The van der Waals surface area contributed by atoms with Crippen molar-refractivity contribution in [2.24, 2.45) is 0 Å². The Kier molecular flexibility index (Phi) is 11.7. The number of ether oxygens (including phenoxy) is 2. The summed E-state index contributed by atoms with van der Waals surface area (Å²) in [6.07, 6.45) is 3.03. The van der Waals surface area contributed by atoms with Gasteiger partial charge in [0.1, 0.15) is 5.54 Å². The third-order valence-corrected chi connectivity index (χ3v) is 3.44. The zero-order valence-electron chi connectivity index (χ0n) is 13.6. The largest absolute Gasteiger partial charge is 0.383 e. The zero-order chi connectivity index (χ0) is 15.3. The Balaban J connectivity index is 3.94. The van der Waals surface area contributed by atoms with E-state index in [0.29, 0.717) is 0 Å². The maximum atomic E-state index is 9.20. The quantitative estimate of drug-likeness (QED) is 0.521. The fraction of sp³-hybridized carbons (Fsp3) is 0.933. The molecule has 0 aromatic heterocycles. The van der Waals surface area contributed by atoms with Crippen molar-refractivity contribution in [1.29, 1.82) is 5.26 Å². The molecule has 0 saturated heterocycles. The Morgan fingerprint density at radius 1 is 1.10 bits per heavy atom. The molecule has 0 aromatic rings. The summed E-state index contributed by atoms with van der Waals surface area (Å²) in [5.41, 5.74) is -0.390. The highest BCUT2D eigenvalue weighted by atomic mass is 16.5. The first-order chi connectivity index (χ1) is 9.61. The number of nitrogens with one attached hydrogen (secondary N) is 1. The first kappa shape index (κ1) is 19.3. The number of hydrogen-bond donors (Lipinski definition) is 1. The van der Waals surface area contributed by atoms with E-state index in [0.717, 1.165) is 58.7 Å². The van der Waals surface area contributed by atoms with E-state index in [9.17, 15) is 5.26 Å². The summed E-state index contributed by atoms with van der Waals surface area (Å²) in [6.45, 7) is 9.23. The van der Waals surface area contributed by atoms with E-state index in [1.165, 1.54) is 0 Å². The lowest BCUT2D eigenvalue weighted by molar-refractivity contribution is 0.112. The number of hydrogen-bond acceptors (Lipinski definition) is 5. The van der Waals surface area contributed by atoms with Crippen molar-refractivity contribution in [3.05, 3.63) is 0 Å². The van der Waals surface area contributed by atoms with Crippen LogP contribution in [0, 0.1) is 11.3 Å². The molecule has 0 aliphatic rings. The van der Waals surface area contributed by atoms with E-state index in [1.807, 2.05) is 13.8 Å². The predicted molar refractivity (Wildman–Crippen MR) is 81.7 cm³/mol. The van der Waals surface area contributed by atoms with E-state index in [4.69, 9.17) is 9.47 Å². The fourth-order valence-corrected chi connectivity index (χ4v) is 2.16. The molecule has 0 aromatic carbocycles. The smallest absolute Gasteiger partial charge is 0.103 e. The summed E-state index contributed by atoms with van der Waals surface area (Å²) >= 11 is 0. The highest BCUT2D eigenvalue weighted by Crippen LogP contribution is 2.13. The van der Waals surface area contributed by atoms with E-state index in [-0.39, 0.29) is 0 Å². The molecule has 0 bridgehead atoms. The van der Waals surface area contributed by atoms with Crippen LogP contribution in [0.2, 0.25) is 0 Å². The topological polar surface area (TPSA) is 57.5 Å². The molecule has 0 rings (SSSR count). The Bertz CT molecular complexity index is 260. The summed E-state index contributed by atoms with van der Waals surface area (Å²) < 4.78 is 10.3. The molecular formula is C15H31N3O2. The predicted octanol–water partition coefficient (Wildman–Crippen LogP) is 1.64. The van der Waals surface area contributed by atoms with Crippen LogP contribution in [0.25, 0.3) is 0 Å². The Morgan fingerprint density at radius 2 is 1.70 bits per heavy atom. The number of nitriles is 1. The third-order valence-electron chi connectivity index (χ3n) is 3.44. The summed E-state index contributed by atoms with van der Waals surface area (Å²) in [4.78, 5) is 2.35. The van der Waals surface area contributed by atoms with Gasteiger partial charge in [0, 0.05) is 27.3 Å². The molecule has 20 heavy (non-hydrogen) atoms. The summed E-state index contributed by atoms with van der Waals surface area (Å²) in [6, 6.07) is 2.37. The van der Waals surface area contributed by atoms with Gasteiger partial charge >= 0.3 is 0 Å². The molecule has 5 nitrogen and oxygen atoms in total. The average molecular weight is 285 g/mol. The number of methoxy groups -OCH3 is 2. The van der Waals surface area contributed by atoms with Gasteiger partial charge in [-0.2, -0.15) is 5.26 Å². The molecule has 5 heteroatoms. The maximum absolute atomic E-state index is 9.20. The number of unbranched alkanes of at least 4 members (excludes halogenated alkanes) is 1. The van der Waals surface area contributed by atoms with Crippen LogP contribution >= 0.6 is 0 Å². The third kappa shape index (κ3) is 9.27. The minimum atomic E-state index is -0.390. The zero-order valence-corrected chi connectivity index (χ0v) is 13.6. The number of rotatable bonds is 13. The minimum Gasteiger partial charge on any atom is -0.383 e. The molecule has 1 unspecified atom stereocenters. The van der Waals surface area contributed by atoms with Crippen molar-refractivity contribution in [2.75, 3.05) is 53.6 Å². The molecular weight excluding hydrogens is 254 g/mol. The molecule has 0 aliphatic carbocycles. The first-order valence-electron chi connectivity index (χ1n) is 7.48. The molecule has 1 N–H and O–H groups in total. The van der Waals surface area contributed by atoms with E-state index in [1.54, 1.807) is 14.2 Å². The van der Waals surface area contributed by atoms with Crippen molar-refractivity contribution in [3.8, 4) is 6.07 Å². The van der Waals surface area contributed by atoms with E-state index in [2.05, 4.69) is 16.3 Å². The molecule has 0 radical (unpaired) electrons. The van der Waals surface area contributed by atoms with Crippen LogP contribution in [-0.2, 0) is 9.47 Å².